The Balaban J connectivity index is 2.08. The summed E-state index contributed by atoms with van der Waals surface area (Å²) in [7, 11) is 1.98. The average Bonchev–Trinajstić information content (AvgIpc) is 2.80. The summed E-state index contributed by atoms with van der Waals surface area (Å²) in [5.41, 5.74) is 1.35. The zero-order chi connectivity index (χ0) is 13.8. The summed E-state index contributed by atoms with van der Waals surface area (Å²) in [6, 6.07) is 2.56. The largest absolute Gasteiger partial charge is 0.336 e. The molecule has 1 amide bonds. The first-order chi connectivity index (χ1) is 9.15. The molecule has 0 bridgehead atoms. The summed E-state index contributed by atoms with van der Waals surface area (Å²) < 4.78 is 0. The summed E-state index contributed by atoms with van der Waals surface area (Å²) in [4.78, 5) is 16.8. The van der Waals surface area contributed by atoms with Crippen LogP contribution in [0.5, 0.6) is 0 Å². The lowest BCUT2D eigenvalue weighted by Gasteiger charge is -2.32. The van der Waals surface area contributed by atoms with E-state index < -0.39 is 0 Å². The molecule has 0 radical (unpaired) electrons. The summed E-state index contributed by atoms with van der Waals surface area (Å²) in [5, 5.41) is 3.29. The highest BCUT2D eigenvalue weighted by atomic mass is 32.1. The zero-order valence-corrected chi connectivity index (χ0v) is 13.0. The molecule has 1 aliphatic rings. The van der Waals surface area contributed by atoms with Crippen molar-refractivity contribution in [3.8, 4) is 0 Å². The first kappa shape index (κ1) is 14.5. The third kappa shape index (κ3) is 3.37. The van der Waals surface area contributed by atoms with Crippen LogP contribution in [0.4, 0.5) is 0 Å². The second-order valence-corrected chi connectivity index (χ2v) is 6.58. The fraction of sp³-hybridized carbons (Fsp3) is 0.667. The van der Waals surface area contributed by atoms with Crippen molar-refractivity contribution in [2.75, 3.05) is 20.1 Å². The predicted octanol–water partition coefficient (Wildman–Crippen LogP) is 2.83. The van der Waals surface area contributed by atoms with Crippen LogP contribution in [0.1, 0.15) is 46.3 Å². The topological polar surface area (TPSA) is 32.3 Å². The van der Waals surface area contributed by atoms with Crippen LogP contribution >= 0.6 is 11.3 Å². The van der Waals surface area contributed by atoms with Crippen molar-refractivity contribution < 1.29 is 4.79 Å². The SMILES string of the molecule is CCCc1cc(C(=O)N2CCCC(NC)C2)sc1C. The molecule has 0 spiro atoms. The third-order valence-corrected chi connectivity index (χ3v) is 4.95. The minimum atomic E-state index is 0.218. The number of hydrogen-bond donors (Lipinski definition) is 1. The normalized spacial score (nSPS) is 19.7. The van der Waals surface area contributed by atoms with E-state index in [4.69, 9.17) is 0 Å². The molecule has 0 saturated carbocycles. The Hall–Kier alpha value is -0.870. The summed E-state index contributed by atoms with van der Waals surface area (Å²) in [5.74, 6) is 0.218. The molecule has 1 unspecified atom stereocenters. The molecule has 1 N–H and O–H groups in total. The molecule has 2 rings (SSSR count). The molecule has 2 heterocycles. The molecule has 3 nitrogen and oxygen atoms in total. The van der Waals surface area contributed by atoms with Gasteiger partial charge in [-0.25, -0.2) is 0 Å². The number of nitrogens with zero attached hydrogens (tertiary/aromatic N) is 1. The molecular formula is C15H24N2OS. The highest BCUT2D eigenvalue weighted by Crippen LogP contribution is 2.25. The third-order valence-electron chi connectivity index (χ3n) is 3.87. The number of amides is 1. The number of rotatable bonds is 4. The molecule has 1 aromatic rings. The van der Waals surface area contributed by atoms with Crippen LogP contribution in [0.25, 0.3) is 0 Å². The van der Waals surface area contributed by atoms with Gasteiger partial charge in [-0.1, -0.05) is 13.3 Å². The van der Waals surface area contributed by atoms with E-state index in [0.717, 1.165) is 37.2 Å². The number of likely N-dealkylation sites (N-methyl/N-ethyl adjacent to an activating group) is 1. The van der Waals surface area contributed by atoms with E-state index in [0.29, 0.717) is 6.04 Å². The van der Waals surface area contributed by atoms with E-state index in [-0.39, 0.29) is 5.91 Å². The van der Waals surface area contributed by atoms with Gasteiger partial charge in [0.05, 0.1) is 4.88 Å². The lowest BCUT2D eigenvalue weighted by molar-refractivity contribution is 0.0703. The second kappa shape index (κ2) is 6.53. The highest BCUT2D eigenvalue weighted by molar-refractivity contribution is 7.14. The van der Waals surface area contributed by atoms with Gasteiger partial charge in [0.1, 0.15) is 0 Å². The van der Waals surface area contributed by atoms with Gasteiger partial charge in [-0.3, -0.25) is 4.79 Å². The number of likely N-dealkylation sites (tertiary alicyclic amines) is 1. The van der Waals surface area contributed by atoms with Gasteiger partial charge in [0.15, 0.2) is 0 Å². The van der Waals surface area contributed by atoms with Crippen molar-refractivity contribution in [1.29, 1.82) is 0 Å². The molecule has 1 fully saturated rings. The number of carbonyl (C=O) groups is 1. The van der Waals surface area contributed by atoms with E-state index in [1.807, 2.05) is 11.9 Å². The molecule has 1 aromatic heterocycles. The number of thiophene rings is 1. The quantitative estimate of drug-likeness (QED) is 0.920. The van der Waals surface area contributed by atoms with Crippen LogP contribution in [-0.2, 0) is 6.42 Å². The average molecular weight is 280 g/mol. The van der Waals surface area contributed by atoms with Crippen LogP contribution in [0.2, 0.25) is 0 Å². The van der Waals surface area contributed by atoms with Gasteiger partial charge in [0, 0.05) is 24.0 Å². The van der Waals surface area contributed by atoms with Crippen LogP contribution in [-0.4, -0.2) is 37.0 Å². The minimum absolute atomic E-state index is 0.218. The first-order valence-electron chi connectivity index (χ1n) is 7.21. The minimum Gasteiger partial charge on any atom is -0.336 e. The number of hydrogen-bond acceptors (Lipinski definition) is 3. The predicted molar refractivity (Wildman–Crippen MR) is 81.0 cm³/mol. The molecule has 1 saturated heterocycles. The monoisotopic (exact) mass is 280 g/mol. The first-order valence-corrected chi connectivity index (χ1v) is 8.03. The van der Waals surface area contributed by atoms with Gasteiger partial charge in [-0.05, 0) is 44.9 Å². The van der Waals surface area contributed by atoms with Gasteiger partial charge >= 0.3 is 0 Å². The number of nitrogens with one attached hydrogen (secondary N) is 1. The summed E-state index contributed by atoms with van der Waals surface area (Å²) in [6.45, 7) is 6.05. The van der Waals surface area contributed by atoms with Crippen LogP contribution in [0.3, 0.4) is 0 Å². The lowest BCUT2D eigenvalue weighted by Crippen LogP contribution is -2.46. The van der Waals surface area contributed by atoms with E-state index >= 15 is 0 Å². The Morgan fingerprint density at radius 1 is 1.58 bits per heavy atom. The molecule has 106 valence electrons. The molecule has 0 aliphatic carbocycles. The maximum absolute atomic E-state index is 12.5. The van der Waals surface area contributed by atoms with Gasteiger partial charge < -0.3 is 10.2 Å². The van der Waals surface area contributed by atoms with Crippen LogP contribution in [0, 0.1) is 6.92 Å². The number of piperidine rings is 1. The van der Waals surface area contributed by atoms with Crippen molar-refractivity contribution >= 4 is 17.2 Å². The molecule has 4 heteroatoms. The van der Waals surface area contributed by atoms with E-state index in [1.54, 1.807) is 11.3 Å². The highest BCUT2D eigenvalue weighted by Gasteiger charge is 2.24. The summed E-state index contributed by atoms with van der Waals surface area (Å²) in [6.07, 6.45) is 4.49. The maximum Gasteiger partial charge on any atom is 0.263 e. The van der Waals surface area contributed by atoms with Crippen LogP contribution < -0.4 is 5.32 Å². The van der Waals surface area contributed by atoms with Crippen molar-refractivity contribution in [2.24, 2.45) is 0 Å². The molecule has 1 atom stereocenters. The number of carbonyl (C=O) groups excluding carboxylic acids is 1. The Kier molecular flexibility index (Phi) is 4.99. The van der Waals surface area contributed by atoms with Crippen molar-refractivity contribution in [2.45, 2.75) is 45.6 Å². The Morgan fingerprint density at radius 2 is 2.37 bits per heavy atom. The number of aryl methyl sites for hydroxylation is 2. The van der Waals surface area contributed by atoms with E-state index in [1.165, 1.54) is 16.9 Å². The maximum atomic E-state index is 12.5. The lowest BCUT2D eigenvalue weighted by atomic mass is 10.1. The molecule has 1 aliphatic heterocycles. The van der Waals surface area contributed by atoms with Crippen molar-refractivity contribution in [1.82, 2.24) is 10.2 Å². The zero-order valence-electron chi connectivity index (χ0n) is 12.2. The van der Waals surface area contributed by atoms with Gasteiger partial charge in [0.2, 0.25) is 0 Å². The van der Waals surface area contributed by atoms with E-state index in [2.05, 4.69) is 25.2 Å². The molecular weight excluding hydrogens is 256 g/mol. The molecule has 19 heavy (non-hydrogen) atoms. The standard InChI is InChI=1S/C15H24N2OS/c1-4-6-12-9-14(19-11(12)2)15(18)17-8-5-7-13(10-17)16-3/h9,13,16H,4-8,10H2,1-3H3. The molecule has 0 aromatic carbocycles. The second-order valence-electron chi connectivity index (χ2n) is 5.32. The smallest absolute Gasteiger partial charge is 0.263 e. The van der Waals surface area contributed by atoms with Crippen molar-refractivity contribution in [3.05, 3.63) is 21.4 Å². The fourth-order valence-corrected chi connectivity index (χ4v) is 3.74. The van der Waals surface area contributed by atoms with E-state index in [9.17, 15) is 4.79 Å². The Bertz CT molecular complexity index is 441. The van der Waals surface area contributed by atoms with Crippen LogP contribution in [0.15, 0.2) is 6.07 Å². The Labute approximate surface area is 120 Å². The summed E-state index contributed by atoms with van der Waals surface area (Å²) >= 11 is 1.65. The van der Waals surface area contributed by atoms with Gasteiger partial charge in [-0.2, -0.15) is 0 Å². The fourth-order valence-electron chi connectivity index (χ4n) is 2.70. The van der Waals surface area contributed by atoms with Crippen molar-refractivity contribution in [3.63, 3.8) is 0 Å². The van der Waals surface area contributed by atoms with Gasteiger partial charge in [-0.15, -0.1) is 11.3 Å². The Morgan fingerprint density at radius 3 is 3.05 bits per heavy atom. The van der Waals surface area contributed by atoms with Gasteiger partial charge in [0.25, 0.3) is 5.91 Å².